The quantitative estimate of drug-likeness (QED) is 0.408. The molecule has 0 radical (unpaired) electrons. The van der Waals surface area contributed by atoms with Gasteiger partial charge in [-0.3, -0.25) is 0 Å². The Morgan fingerprint density at radius 1 is 1.00 bits per heavy atom. The Morgan fingerprint density at radius 3 is 2.31 bits per heavy atom. The number of ether oxygens (including phenoxy) is 1. The predicted octanol–water partition coefficient (Wildman–Crippen LogP) is 1.57. The fourth-order valence-electron chi connectivity index (χ4n) is 2.45. The normalized spacial score (nSPS) is 28.2. The maximum Gasteiger partial charge on any atom is 0.103 e. The Morgan fingerprint density at radius 2 is 1.69 bits per heavy atom. The lowest BCUT2D eigenvalue weighted by Gasteiger charge is -2.44. The number of hydrogen-bond acceptors (Lipinski definition) is 1. The molecule has 0 saturated carbocycles. The first-order chi connectivity index (χ1) is 6.22. The Hall–Kier alpha value is -0.340. The second-order valence-electron chi connectivity index (χ2n) is 4.59. The fourth-order valence-corrected chi connectivity index (χ4v) is 2.45. The minimum absolute atomic E-state index is 0.965. The summed E-state index contributed by atoms with van der Waals surface area (Å²) in [6, 6.07) is 0. The van der Waals surface area contributed by atoms with Crippen LogP contribution in [0.5, 0.6) is 0 Å². The van der Waals surface area contributed by atoms with E-state index in [0.29, 0.717) is 0 Å². The molecule has 0 N–H and O–H groups in total. The summed E-state index contributed by atoms with van der Waals surface area (Å²) in [5.74, 6) is 0. The summed E-state index contributed by atoms with van der Waals surface area (Å²) in [5, 5.41) is 0. The lowest BCUT2D eigenvalue weighted by atomic mass is 10.00. The highest BCUT2D eigenvalue weighted by molar-refractivity contribution is 5.12. The van der Waals surface area contributed by atoms with Crippen molar-refractivity contribution in [2.75, 3.05) is 39.4 Å². The van der Waals surface area contributed by atoms with E-state index in [1.54, 1.807) is 11.1 Å². The highest BCUT2D eigenvalue weighted by atomic mass is 16.5. The molecule has 1 spiro atoms. The maximum absolute atomic E-state index is 5.43. The minimum Gasteiger partial charge on any atom is -0.370 e. The summed E-state index contributed by atoms with van der Waals surface area (Å²) >= 11 is 0. The molecule has 0 aromatic heterocycles. The van der Waals surface area contributed by atoms with Crippen molar-refractivity contribution in [2.24, 2.45) is 0 Å². The van der Waals surface area contributed by atoms with Crippen molar-refractivity contribution in [2.45, 2.75) is 20.3 Å². The first kappa shape index (κ1) is 9.22. The molecule has 0 aliphatic carbocycles. The first-order valence-electron chi connectivity index (χ1n) is 5.30. The van der Waals surface area contributed by atoms with E-state index in [0.717, 1.165) is 13.2 Å². The Labute approximate surface area is 80.8 Å². The van der Waals surface area contributed by atoms with Crippen LogP contribution < -0.4 is 0 Å². The smallest absolute Gasteiger partial charge is 0.103 e. The van der Waals surface area contributed by atoms with E-state index in [1.807, 2.05) is 0 Å². The van der Waals surface area contributed by atoms with E-state index < -0.39 is 0 Å². The van der Waals surface area contributed by atoms with Crippen LogP contribution in [0, 0.1) is 0 Å². The average molecular weight is 182 g/mol. The summed E-state index contributed by atoms with van der Waals surface area (Å²) in [7, 11) is 0. The maximum atomic E-state index is 5.43. The Kier molecular flexibility index (Phi) is 2.43. The summed E-state index contributed by atoms with van der Waals surface area (Å²) in [6.07, 6.45) is 1.30. The van der Waals surface area contributed by atoms with Gasteiger partial charge in [-0.15, -0.1) is 0 Å². The van der Waals surface area contributed by atoms with Crippen LogP contribution in [0.3, 0.4) is 0 Å². The van der Waals surface area contributed by atoms with Crippen LogP contribution in [0.4, 0.5) is 0 Å². The van der Waals surface area contributed by atoms with E-state index in [4.69, 9.17) is 4.74 Å². The standard InChI is InChI=1S/C11H20NO/c1-10-3-4-12(9-11(10)2)5-7-13-8-6-12/h3-9H2,1-2H3/q+1. The molecule has 2 heterocycles. The number of morpholine rings is 1. The monoisotopic (exact) mass is 182 g/mol. The zero-order valence-corrected chi connectivity index (χ0v) is 8.81. The molecule has 0 aromatic rings. The zero-order chi connectivity index (χ0) is 9.31. The lowest BCUT2D eigenvalue weighted by molar-refractivity contribution is -0.932. The van der Waals surface area contributed by atoms with Crippen LogP contribution in [-0.4, -0.2) is 43.9 Å². The van der Waals surface area contributed by atoms with Crippen molar-refractivity contribution in [3.63, 3.8) is 0 Å². The molecule has 13 heavy (non-hydrogen) atoms. The number of quaternary nitrogens is 1. The van der Waals surface area contributed by atoms with Crippen molar-refractivity contribution in [3.8, 4) is 0 Å². The molecule has 0 aromatic carbocycles. The first-order valence-corrected chi connectivity index (χ1v) is 5.30. The molecular weight excluding hydrogens is 162 g/mol. The van der Waals surface area contributed by atoms with E-state index in [2.05, 4.69) is 13.8 Å². The average Bonchev–Trinajstić information content (AvgIpc) is 2.14. The van der Waals surface area contributed by atoms with Crippen molar-refractivity contribution >= 4 is 0 Å². The van der Waals surface area contributed by atoms with Gasteiger partial charge in [-0.1, -0.05) is 5.57 Å². The van der Waals surface area contributed by atoms with Crippen LogP contribution in [0.15, 0.2) is 11.1 Å². The Balaban J connectivity index is 2.09. The fraction of sp³-hybridized carbons (Fsp3) is 0.818. The minimum atomic E-state index is 0.965. The van der Waals surface area contributed by atoms with Crippen LogP contribution >= 0.6 is 0 Å². The molecule has 2 heteroatoms. The molecular formula is C11H20NO+. The molecule has 2 nitrogen and oxygen atoms in total. The largest absolute Gasteiger partial charge is 0.370 e. The third-order valence-corrected chi connectivity index (χ3v) is 3.68. The molecule has 1 saturated heterocycles. The van der Waals surface area contributed by atoms with Crippen molar-refractivity contribution in [1.82, 2.24) is 0 Å². The second kappa shape index (κ2) is 3.43. The zero-order valence-electron chi connectivity index (χ0n) is 8.81. The Bertz CT molecular complexity index is 226. The third kappa shape index (κ3) is 1.79. The molecule has 1 fully saturated rings. The summed E-state index contributed by atoms with van der Waals surface area (Å²) < 4.78 is 6.72. The number of hydrogen-bond donors (Lipinski definition) is 0. The van der Waals surface area contributed by atoms with Crippen molar-refractivity contribution < 1.29 is 9.22 Å². The van der Waals surface area contributed by atoms with Crippen molar-refractivity contribution in [3.05, 3.63) is 11.1 Å². The summed E-state index contributed by atoms with van der Waals surface area (Å²) in [5.41, 5.74) is 3.24. The highest BCUT2D eigenvalue weighted by Crippen LogP contribution is 2.24. The third-order valence-electron chi connectivity index (χ3n) is 3.68. The van der Waals surface area contributed by atoms with Crippen LogP contribution in [0.1, 0.15) is 20.3 Å². The molecule has 0 atom stereocenters. The van der Waals surface area contributed by atoms with Gasteiger partial charge in [0.15, 0.2) is 0 Å². The van der Waals surface area contributed by atoms with Gasteiger partial charge in [0.2, 0.25) is 0 Å². The van der Waals surface area contributed by atoms with E-state index in [-0.39, 0.29) is 0 Å². The van der Waals surface area contributed by atoms with Crippen LogP contribution in [-0.2, 0) is 4.74 Å². The SMILES string of the molecule is CC1=C(C)C[N+]2(CCOCC2)CC1. The van der Waals surface area contributed by atoms with E-state index >= 15 is 0 Å². The van der Waals surface area contributed by atoms with Gasteiger partial charge in [0.1, 0.15) is 19.6 Å². The lowest BCUT2D eigenvalue weighted by Crippen LogP contribution is -2.57. The molecule has 0 unspecified atom stereocenters. The number of rotatable bonds is 0. The van der Waals surface area contributed by atoms with Gasteiger partial charge >= 0.3 is 0 Å². The molecule has 0 bridgehead atoms. The topological polar surface area (TPSA) is 9.23 Å². The van der Waals surface area contributed by atoms with Gasteiger partial charge in [0.25, 0.3) is 0 Å². The summed E-state index contributed by atoms with van der Waals surface area (Å²) in [4.78, 5) is 0. The van der Waals surface area contributed by atoms with Gasteiger partial charge in [-0.05, 0) is 19.4 Å². The molecule has 2 rings (SSSR count). The van der Waals surface area contributed by atoms with E-state index in [1.165, 1.54) is 37.1 Å². The summed E-state index contributed by atoms with van der Waals surface area (Å²) in [6.45, 7) is 11.6. The van der Waals surface area contributed by atoms with Gasteiger partial charge in [-0.2, -0.15) is 0 Å². The van der Waals surface area contributed by atoms with Crippen molar-refractivity contribution in [1.29, 1.82) is 0 Å². The molecule has 74 valence electrons. The van der Waals surface area contributed by atoms with Gasteiger partial charge in [0, 0.05) is 6.42 Å². The van der Waals surface area contributed by atoms with Crippen LogP contribution in [0.2, 0.25) is 0 Å². The van der Waals surface area contributed by atoms with E-state index in [9.17, 15) is 0 Å². The second-order valence-corrected chi connectivity index (χ2v) is 4.59. The molecule has 2 aliphatic rings. The van der Waals surface area contributed by atoms with Gasteiger partial charge in [-0.25, -0.2) is 0 Å². The predicted molar refractivity (Wildman–Crippen MR) is 53.5 cm³/mol. The highest BCUT2D eigenvalue weighted by Gasteiger charge is 2.33. The van der Waals surface area contributed by atoms with Gasteiger partial charge in [0.05, 0.1) is 19.8 Å². The van der Waals surface area contributed by atoms with Crippen LogP contribution in [0.25, 0.3) is 0 Å². The van der Waals surface area contributed by atoms with Gasteiger partial charge < -0.3 is 9.22 Å². The number of nitrogens with zero attached hydrogens (tertiary/aromatic N) is 1. The molecule has 0 amide bonds. The molecule has 2 aliphatic heterocycles.